The maximum absolute atomic E-state index is 13.1. The minimum absolute atomic E-state index is 0.0551. The van der Waals surface area contributed by atoms with Crippen molar-refractivity contribution in [3.8, 4) is 11.1 Å². The topological polar surface area (TPSA) is 46.2 Å². The average Bonchev–Trinajstić information content (AvgIpc) is 2.86. The number of ketones is 1. The molecule has 5 aromatic rings. The molecule has 3 nitrogen and oxygen atoms in total. The van der Waals surface area contributed by atoms with Crippen LogP contribution in [0.4, 0.5) is 5.69 Å². The van der Waals surface area contributed by atoms with Crippen molar-refractivity contribution in [2.24, 2.45) is 0 Å². The molecule has 158 valence electrons. The fraction of sp³-hybridized carbons (Fsp3) is 0.0345. The lowest BCUT2D eigenvalue weighted by Gasteiger charge is -2.21. The maximum Gasteiger partial charge on any atom is 0.234 e. The number of hydrogen-bond acceptors (Lipinski definition) is 3. The number of amides is 1. The second kappa shape index (κ2) is 7.91. The summed E-state index contributed by atoms with van der Waals surface area (Å²) in [4.78, 5) is 26.9. The second-order valence-electron chi connectivity index (χ2n) is 8.08. The summed E-state index contributed by atoms with van der Waals surface area (Å²) < 4.78 is 0. The van der Waals surface area contributed by atoms with E-state index in [0.717, 1.165) is 54.4 Å². The lowest BCUT2D eigenvalue weighted by atomic mass is 9.83. The zero-order chi connectivity index (χ0) is 22.4. The van der Waals surface area contributed by atoms with Gasteiger partial charge in [0.25, 0.3) is 0 Å². The van der Waals surface area contributed by atoms with Gasteiger partial charge in [-0.2, -0.15) is 0 Å². The van der Waals surface area contributed by atoms with E-state index in [1.807, 2.05) is 84.9 Å². The molecule has 0 aromatic heterocycles. The van der Waals surface area contributed by atoms with Gasteiger partial charge in [0.15, 0.2) is 5.78 Å². The molecule has 0 bridgehead atoms. The molecule has 0 saturated heterocycles. The highest BCUT2D eigenvalue weighted by molar-refractivity contribution is 8.00. The number of anilines is 1. The summed E-state index contributed by atoms with van der Waals surface area (Å²) in [7, 11) is 0. The molecule has 1 amide bonds. The summed E-state index contributed by atoms with van der Waals surface area (Å²) >= 11 is 1.49. The van der Waals surface area contributed by atoms with Crippen LogP contribution in [0.15, 0.2) is 102 Å². The monoisotopic (exact) mass is 445 g/mol. The van der Waals surface area contributed by atoms with Gasteiger partial charge in [0.1, 0.15) is 0 Å². The first-order valence-corrected chi connectivity index (χ1v) is 11.8. The van der Waals surface area contributed by atoms with Crippen molar-refractivity contribution < 1.29 is 9.59 Å². The van der Waals surface area contributed by atoms with Crippen molar-refractivity contribution in [2.75, 3.05) is 11.1 Å². The number of benzene rings is 5. The van der Waals surface area contributed by atoms with E-state index >= 15 is 0 Å². The summed E-state index contributed by atoms with van der Waals surface area (Å²) in [5, 5.41) is 7.16. The molecule has 0 unspecified atom stereocenters. The first-order chi connectivity index (χ1) is 16.2. The van der Waals surface area contributed by atoms with E-state index in [4.69, 9.17) is 0 Å². The van der Waals surface area contributed by atoms with Gasteiger partial charge >= 0.3 is 0 Å². The van der Waals surface area contributed by atoms with Crippen LogP contribution in [0.3, 0.4) is 0 Å². The number of hydrogen-bond donors (Lipinski definition) is 1. The molecule has 0 spiro atoms. The Hall–Kier alpha value is -3.89. The van der Waals surface area contributed by atoms with Crippen molar-refractivity contribution in [1.82, 2.24) is 0 Å². The standard InChI is InChI=1S/C29H19NO2S/c31-27(30-25-14-5-8-18-7-1-2-9-19(18)25)17-33-26-16-15-21-20-10-3-4-11-22(20)29(32)24-13-6-12-23(26)28(21)24/h1-16H,17H2,(H,30,31). The predicted octanol–water partition coefficient (Wildman–Crippen LogP) is 6.94. The van der Waals surface area contributed by atoms with Crippen LogP contribution >= 0.6 is 11.8 Å². The van der Waals surface area contributed by atoms with Crippen LogP contribution in [0, 0.1) is 0 Å². The molecule has 1 aliphatic rings. The van der Waals surface area contributed by atoms with E-state index < -0.39 is 0 Å². The van der Waals surface area contributed by atoms with E-state index in [1.165, 1.54) is 11.8 Å². The predicted molar refractivity (Wildman–Crippen MR) is 136 cm³/mol. The largest absolute Gasteiger partial charge is 0.325 e. The first kappa shape index (κ1) is 19.8. The molecule has 33 heavy (non-hydrogen) atoms. The van der Waals surface area contributed by atoms with Crippen molar-refractivity contribution in [3.63, 3.8) is 0 Å². The van der Waals surface area contributed by atoms with Crippen molar-refractivity contribution in [2.45, 2.75) is 4.90 Å². The number of carbonyl (C=O) groups is 2. The Morgan fingerprint density at radius 1 is 0.667 bits per heavy atom. The fourth-order valence-electron chi connectivity index (χ4n) is 4.64. The normalized spacial score (nSPS) is 12.1. The molecule has 1 aliphatic carbocycles. The number of rotatable bonds is 4. The zero-order valence-corrected chi connectivity index (χ0v) is 18.5. The van der Waals surface area contributed by atoms with Crippen LogP contribution in [-0.4, -0.2) is 17.4 Å². The van der Waals surface area contributed by atoms with Gasteiger partial charge < -0.3 is 5.32 Å². The van der Waals surface area contributed by atoms with Crippen LogP contribution in [0.1, 0.15) is 15.9 Å². The third-order valence-electron chi connectivity index (χ3n) is 6.13. The minimum Gasteiger partial charge on any atom is -0.325 e. The SMILES string of the molecule is O=C(CSc1ccc2c3c(cccc13)C(=O)c1ccccc1-2)Nc1cccc2ccccc12. The molecule has 6 rings (SSSR count). The Morgan fingerprint density at radius 3 is 2.27 bits per heavy atom. The highest BCUT2D eigenvalue weighted by atomic mass is 32.2. The number of carbonyl (C=O) groups excluding carboxylic acids is 2. The Labute approximate surface area is 195 Å². The molecule has 0 radical (unpaired) electrons. The minimum atomic E-state index is -0.0572. The first-order valence-electron chi connectivity index (χ1n) is 10.8. The van der Waals surface area contributed by atoms with E-state index in [9.17, 15) is 9.59 Å². The second-order valence-corrected chi connectivity index (χ2v) is 9.09. The summed E-state index contributed by atoms with van der Waals surface area (Å²) in [6.07, 6.45) is 0. The van der Waals surface area contributed by atoms with Gasteiger partial charge in [0, 0.05) is 32.5 Å². The highest BCUT2D eigenvalue weighted by Crippen LogP contribution is 2.42. The Morgan fingerprint density at radius 2 is 1.36 bits per heavy atom. The third kappa shape index (κ3) is 3.31. The molecule has 0 aliphatic heterocycles. The van der Waals surface area contributed by atoms with Gasteiger partial charge in [0.05, 0.1) is 5.75 Å². The quantitative estimate of drug-likeness (QED) is 0.299. The van der Waals surface area contributed by atoms with Crippen LogP contribution < -0.4 is 5.32 Å². The molecule has 0 fully saturated rings. The van der Waals surface area contributed by atoms with Crippen molar-refractivity contribution >= 4 is 50.7 Å². The van der Waals surface area contributed by atoms with E-state index in [0.29, 0.717) is 0 Å². The lowest BCUT2D eigenvalue weighted by Crippen LogP contribution is -2.14. The van der Waals surface area contributed by atoms with Crippen molar-refractivity contribution in [3.05, 3.63) is 108 Å². The summed E-state index contributed by atoms with van der Waals surface area (Å²) in [6, 6.07) is 31.7. The average molecular weight is 446 g/mol. The van der Waals surface area contributed by atoms with Crippen LogP contribution in [0.25, 0.3) is 32.7 Å². The third-order valence-corrected chi connectivity index (χ3v) is 7.20. The molecule has 1 N–H and O–H groups in total. The fourth-order valence-corrected chi connectivity index (χ4v) is 5.49. The molecule has 4 heteroatoms. The molecule has 0 heterocycles. The van der Waals surface area contributed by atoms with Crippen LogP contribution in [0.5, 0.6) is 0 Å². The van der Waals surface area contributed by atoms with Crippen LogP contribution in [0.2, 0.25) is 0 Å². The number of nitrogens with one attached hydrogen (secondary N) is 1. The van der Waals surface area contributed by atoms with E-state index in [-0.39, 0.29) is 17.4 Å². The van der Waals surface area contributed by atoms with Gasteiger partial charge in [-0.25, -0.2) is 0 Å². The maximum atomic E-state index is 13.1. The Kier molecular flexibility index (Phi) is 4.74. The van der Waals surface area contributed by atoms with E-state index in [2.05, 4.69) is 17.4 Å². The lowest BCUT2D eigenvalue weighted by molar-refractivity contribution is -0.113. The van der Waals surface area contributed by atoms with Gasteiger partial charge in [-0.1, -0.05) is 84.9 Å². The van der Waals surface area contributed by atoms with Gasteiger partial charge in [-0.05, 0) is 34.0 Å². The summed E-state index contributed by atoms with van der Waals surface area (Å²) in [5.41, 5.74) is 4.32. The summed E-state index contributed by atoms with van der Waals surface area (Å²) in [5.74, 6) is 0.282. The molecular weight excluding hydrogens is 426 g/mol. The molecule has 5 aromatic carbocycles. The molecule has 0 atom stereocenters. The molecule has 0 saturated carbocycles. The number of thioether (sulfide) groups is 1. The van der Waals surface area contributed by atoms with Crippen LogP contribution in [-0.2, 0) is 4.79 Å². The number of fused-ring (bicyclic) bond motifs is 3. The Bertz CT molecular complexity index is 1580. The van der Waals surface area contributed by atoms with E-state index in [1.54, 1.807) is 0 Å². The Balaban J connectivity index is 1.31. The zero-order valence-electron chi connectivity index (χ0n) is 17.7. The highest BCUT2D eigenvalue weighted by Gasteiger charge is 2.25. The van der Waals surface area contributed by atoms with Gasteiger partial charge in [-0.15, -0.1) is 11.8 Å². The van der Waals surface area contributed by atoms with Gasteiger partial charge in [-0.3, -0.25) is 9.59 Å². The summed E-state index contributed by atoms with van der Waals surface area (Å²) in [6.45, 7) is 0. The van der Waals surface area contributed by atoms with Gasteiger partial charge in [0.2, 0.25) is 5.91 Å². The van der Waals surface area contributed by atoms with Crippen molar-refractivity contribution in [1.29, 1.82) is 0 Å². The molecular formula is C29H19NO2S. The smallest absolute Gasteiger partial charge is 0.234 e.